The molecule has 90 valence electrons. The fourth-order valence-electron chi connectivity index (χ4n) is 1.84. The van der Waals surface area contributed by atoms with E-state index in [1.165, 1.54) is 70.6 Å². The van der Waals surface area contributed by atoms with E-state index in [4.69, 9.17) is 0 Å². The number of hydrogen-bond donors (Lipinski definition) is 0. The van der Waals surface area contributed by atoms with Gasteiger partial charge in [-0.25, -0.2) is 0 Å². The molecule has 0 unspecified atom stereocenters. The van der Waals surface area contributed by atoms with Gasteiger partial charge in [-0.15, -0.1) is 0 Å². The number of unbranched alkanes of at least 4 members (excludes halogenated alkanes) is 11. The Labute approximate surface area is 131 Å². The van der Waals surface area contributed by atoms with Gasteiger partial charge in [-0.2, -0.15) is 6.42 Å². The van der Waals surface area contributed by atoms with Crippen LogP contribution in [-0.2, 0) is 0 Å². The maximum absolute atomic E-state index is 3.86. The quantitative estimate of drug-likeness (QED) is 0.344. The zero-order valence-corrected chi connectivity index (χ0v) is 13.8. The molecule has 0 fully saturated rings. The van der Waals surface area contributed by atoms with Gasteiger partial charge in [0.15, 0.2) is 0 Å². The SMILES string of the molecule is [CH2-]CCCCCCCCCCCCC.[Ce]. The molecule has 0 aliphatic carbocycles. The first-order chi connectivity index (χ1) is 6.91. The molecule has 0 N–H and O–H groups in total. The summed E-state index contributed by atoms with van der Waals surface area (Å²) in [6, 6.07) is 0. The van der Waals surface area contributed by atoms with Crippen molar-refractivity contribution in [1.29, 1.82) is 0 Å². The molecule has 0 rings (SSSR count). The number of rotatable bonds is 11. The monoisotopic (exact) mass is 337 g/mol. The molecule has 0 atom stereocenters. The van der Waals surface area contributed by atoms with Crippen LogP contribution in [0, 0.1) is 48.7 Å². The van der Waals surface area contributed by atoms with E-state index >= 15 is 0 Å². The molecule has 0 saturated heterocycles. The zero-order chi connectivity index (χ0) is 10.5. The van der Waals surface area contributed by atoms with Crippen LogP contribution in [-0.4, -0.2) is 0 Å². The van der Waals surface area contributed by atoms with Crippen LogP contribution in [0.5, 0.6) is 0 Å². The smallest absolute Gasteiger partial charge is 0 e. The topological polar surface area (TPSA) is 0 Å². The molecule has 0 radical (unpaired) electrons. The fourth-order valence-corrected chi connectivity index (χ4v) is 1.84. The molecule has 0 saturated carbocycles. The Morgan fingerprint density at radius 2 is 0.933 bits per heavy atom. The molecule has 0 aliphatic heterocycles. The molecule has 0 aromatic heterocycles. The van der Waals surface area contributed by atoms with E-state index in [1.807, 2.05) is 0 Å². The van der Waals surface area contributed by atoms with E-state index in [-0.39, 0.29) is 41.7 Å². The third kappa shape index (κ3) is 18.0. The first-order valence-electron chi connectivity index (χ1n) is 6.71. The van der Waals surface area contributed by atoms with Gasteiger partial charge >= 0.3 is 0 Å². The molecule has 0 spiro atoms. The summed E-state index contributed by atoms with van der Waals surface area (Å²) in [5, 5.41) is 0. The second-order valence-electron chi connectivity index (χ2n) is 4.39. The van der Waals surface area contributed by atoms with Gasteiger partial charge in [0.1, 0.15) is 0 Å². The maximum Gasteiger partial charge on any atom is 0 e. The molecule has 0 aromatic carbocycles. The summed E-state index contributed by atoms with van der Waals surface area (Å²) in [5.41, 5.74) is 0. The third-order valence-corrected chi connectivity index (χ3v) is 2.85. The van der Waals surface area contributed by atoms with Crippen LogP contribution in [0.25, 0.3) is 0 Å². The molecule has 0 bridgehead atoms. The van der Waals surface area contributed by atoms with Crippen LogP contribution in [0.15, 0.2) is 0 Å². The van der Waals surface area contributed by atoms with Gasteiger partial charge in [0.2, 0.25) is 0 Å². The fraction of sp³-hybridized carbons (Fsp3) is 0.929. The molecular formula is C14H29Ce-. The average molecular weight is 338 g/mol. The molecule has 0 aromatic rings. The molecular weight excluding hydrogens is 308 g/mol. The van der Waals surface area contributed by atoms with Crippen LogP contribution in [0.4, 0.5) is 0 Å². The third-order valence-electron chi connectivity index (χ3n) is 2.85. The predicted molar refractivity (Wildman–Crippen MR) is 66.4 cm³/mol. The molecule has 0 amide bonds. The van der Waals surface area contributed by atoms with Crippen molar-refractivity contribution in [2.24, 2.45) is 0 Å². The molecule has 0 aliphatic rings. The van der Waals surface area contributed by atoms with E-state index in [0.29, 0.717) is 0 Å². The summed E-state index contributed by atoms with van der Waals surface area (Å²) in [6.45, 7) is 6.14. The standard InChI is InChI=1S/C14H29.Ce/c1-3-5-7-9-11-13-14-12-10-8-6-4-2;/h1,3-14H2,2H3;/q-1;. The van der Waals surface area contributed by atoms with Gasteiger partial charge in [-0.05, 0) is 0 Å². The minimum atomic E-state index is 0. The van der Waals surface area contributed by atoms with Crippen LogP contribution in [0.2, 0.25) is 0 Å². The van der Waals surface area contributed by atoms with Crippen molar-refractivity contribution in [3.05, 3.63) is 6.92 Å². The summed E-state index contributed by atoms with van der Waals surface area (Å²) in [4.78, 5) is 0. The zero-order valence-electron chi connectivity index (χ0n) is 10.7. The molecule has 0 heterocycles. The van der Waals surface area contributed by atoms with Crippen molar-refractivity contribution in [3.8, 4) is 0 Å². The van der Waals surface area contributed by atoms with Gasteiger partial charge in [0.05, 0.1) is 0 Å². The second-order valence-corrected chi connectivity index (χ2v) is 4.39. The average Bonchev–Trinajstić information content (AvgIpc) is 2.21. The normalized spacial score (nSPS) is 10.0. The summed E-state index contributed by atoms with van der Waals surface area (Å²) in [7, 11) is 0. The van der Waals surface area contributed by atoms with Crippen molar-refractivity contribution < 1.29 is 41.7 Å². The van der Waals surface area contributed by atoms with E-state index in [2.05, 4.69) is 13.8 Å². The Hall–Kier alpha value is 1.38. The van der Waals surface area contributed by atoms with E-state index in [1.54, 1.807) is 0 Å². The minimum absolute atomic E-state index is 0. The van der Waals surface area contributed by atoms with Crippen molar-refractivity contribution in [1.82, 2.24) is 0 Å². The van der Waals surface area contributed by atoms with Gasteiger partial charge in [-0.3, -0.25) is 0 Å². The Bertz CT molecular complexity index is 79.3. The van der Waals surface area contributed by atoms with Crippen LogP contribution in [0.1, 0.15) is 84.0 Å². The minimum Gasteiger partial charge on any atom is -0.343 e. The summed E-state index contributed by atoms with van der Waals surface area (Å²) in [5.74, 6) is 0. The van der Waals surface area contributed by atoms with Crippen molar-refractivity contribution >= 4 is 0 Å². The second kappa shape index (κ2) is 17.8. The van der Waals surface area contributed by atoms with Crippen molar-refractivity contribution in [3.63, 3.8) is 0 Å². The van der Waals surface area contributed by atoms with Crippen LogP contribution >= 0.6 is 0 Å². The van der Waals surface area contributed by atoms with Gasteiger partial charge in [0.25, 0.3) is 0 Å². The first-order valence-corrected chi connectivity index (χ1v) is 6.71. The number of hydrogen-bond acceptors (Lipinski definition) is 0. The molecule has 1 heteroatoms. The first kappa shape index (κ1) is 18.7. The van der Waals surface area contributed by atoms with Crippen molar-refractivity contribution in [2.75, 3.05) is 0 Å². The van der Waals surface area contributed by atoms with Crippen LogP contribution in [0.3, 0.4) is 0 Å². The van der Waals surface area contributed by atoms with E-state index in [0.717, 1.165) is 6.42 Å². The van der Waals surface area contributed by atoms with Gasteiger partial charge in [-0.1, -0.05) is 77.6 Å². The summed E-state index contributed by atoms with van der Waals surface area (Å²) < 4.78 is 0. The Morgan fingerprint density at radius 1 is 0.600 bits per heavy atom. The van der Waals surface area contributed by atoms with Gasteiger partial charge in [0, 0.05) is 41.7 Å². The van der Waals surface area contributed by atoms with Crippen LogP contribution < -0.4 is 0 Å². The molecule has 0 nitrogen and oxygen atoms in total. The van der Waals surface area contributed by atoms with Crippen molar-refractivity contribution in [2.45, 2.75) is 84.0 Å². The largest absolute Gasteiger partial charge is 0.343 e. The summed E-state index contributed by atoms with van der Waals surface area (Å²) in [6.07, 6.45) is 16.9. The Balaban J connectivity index is 0. The Morgan fingerprint density at radius 3 is 1.27 bits per heavy atom. The maximum atomic E-state index is 3.86. The Kier molecular flexibility index (Phi) is 22.2. The summed E-state index contributed by atoms with van der Waals surface area (Å²) >= 11 is 0. The van der Waals surface area contributed by atoms with Gasteiger partial charge < -0.3 is 6.92 Å². The van der Waals surface area contributed by atoms with E-state index in [9.17, 15) is 0 Å². The molecule has 15 heavy (non-hydrogen) atoms. The predicted octanol–water partition coefficient (Wildman–Crippen LogP) is 5.52. The van der Waals surface area contributed by atoms with E-state index < -0.39 is 0 Å².